The van der Waals surface area contributed by atoms with Gasteiger partial charge in [-0.15, -0.1) is 0 Å². The van der Waals surface area contributed by atoms with Gasteiger partial charge in [0.05, 0.1) is 5.56 Å². The fraction of sp³-hybridized carbons (Fsp3) is 0. The van der Waals surface area contributed by atoms with Crippen molar-refractivity contribution in [2.75, 3.05) is 0 Å². The van der Waals surface area contributed by atoms with Crippen molar-refractivity contribution in [2.24, 2.45) is 0 Å². The van der Waals surface area contributed by atoms with E-state index in [0.717, 1.165) is 0 Å². The summed E-state index contributed by atoms with van der Waals surface area (Å²) in [5, 5.41) is 0. The van der Waals surface area contributed by atoms with Crippen molar-refractivity contribution >= 4 is 46.5 Å². The van der Waals surface area contributed by atoms with E-state index in [2.05, 4.69) is 4.18 Å². The predicted molar refractivity (Wildman–Crippen MR) is 49.3 cm³/mol. The third-order valence-electron chi connectivity index (χ3n) is 1.17. The SMILES string of the molecule is O=C(O[SH](=O)=O)c1ccccc1.[NaH]. The van der Waals surface area contributed by atoms with Gasteiger partial charge in [-0.2, -0.15) is 8.42 Å². The van der Waals surface area contributed by atoms with Gasteiger partial charge in [0.2, 0.25) is 0 Å². The van der Waals surface area contributed by atoms with Crippen molar-refractivity contribution in [1.82, 2.24) is 0 Å². The molecule has 0 atom stereocenters. The summed E-state index contributed by atoms with van der Waals surface area (Å²) in [6.45, 7) is 0. The Balaban J connectivity index is 0.00000144. The first kappa shape index (κ1) is 12.6. The molecule has 0 heterocycles. The summed E-state index contributed by atoms with van der Waals surface area (Å²) in [5.41, 5.74) is 0.219. The molecule has 6 heteroatoms. The Morgan fingerprint density at radius 1 is 1.15 bits per heavy atom. The Labute approximate surface area is 99.4 Å². The monoisotopic (exact) mass is 210 g/mol. The van der Waals surface area contributed by atoms with Crippen LogP contribution in [0, 0.1) is 0 Å². The Kier molecular flexibility index (Phi) is 5.98. The van der Waals surface area contributed by atoms with Gasteiger partial charge in [-0.3, -0.25) is 0 Å². The first-order valence-electron chi connectivity index (χ1n) is 3.12. The first-order chi connectivity index (χ1) is 5.70. The molecule has 0 spiro atoms. The molecule has 0 bridgehead atoms. The molecule has 1 aromatic rings. The maximum absolute atomic E-state index is 10.8. The van der Waals surface area contributed by atoms with E-state index in [-0.39, 0.29) is 35.1 Å². The van der Waals surface area contributed by atoms with E-state index in [9.17, 15) is 13.2 Å². The molecule has 4 nitrogen and oxygen atoms in total. The molecule has 0 saturated heterocycles. The van der Waals surface area contributed by atoms with E-state index in [0.29, 0.717) is 0 Å². The van der Waals surface area contributed by atoms with E-state index >= 15 is 0 Å². The van der Waals surface area contributed by atoms with Crippen LogP contribution in [0.4, 0.5) is 0 Å². The van der Waals surface area contributed by atoms with Crippen LogP contribution in [0.2, 0.25) is 0 Å². The molecule has 1 rings (SSSR count). The number of rotatable bonds is 2. The molecular weight excluding hydrogens is 203 g/mol. The van der Waals surface area contributed by atoms with Crippen molar-refractivity contribution in [3.05, 3.63) is 35.9 Å². The van der Waals surface area contributed by atoms with E-state index in [4.69, 9.17) is 0 Å². The number of carbonyl (C=O) groups excluding carboxylic acids is 1. The van der Waals surface area contributed by atoms with Crippen molar-refractivity contribution < 1.29 is 17.4 Å². The van der Waals surface area contributed by atoms with Crippen LogP contribution >= 0.6 is 0 Å². The third kappa shape index (κ3) is 4.42. The molecule has 0 amide bonds. The molecule has 0 aliphatic heterocycles. The van der Waals surface area contributed by atoms with Crippen LogP contribution in [-0.4, -0.2) is 43.9 Å². The van der Waals surface area contributed by atoms with Crippen LogP contribution in [0.1, 0.15) is 10.4 Å². The fourth-order valence-electron chi connectivity index (χ4n) is 0.695. The van der Waals surface area contributed by atoms with Gasteiger partial charge in [0, 0.05) is 0 Å². The molecule has 13 heavy (non-hydrogen) atoms. The molecule has 1 aromatic carbocycles. The summed E-state index contributed by atoms with van der Waals surface area (Å²) >= 11 is 0. The molecule has 66 valence electrons. The van der Waals surface area contributed by atoms with Gasteiger partial charge in [-0.1, -0.05) is 18.2 Å². The van der Waals surface area contributed by atoms with Crippen molar-refractivity contribution in [3.8, 4) is 0 Å². The van der Waals surface area contributed by atoms with Crippen molar-refractivity contribution in [1.29, 1.82) is 0 Å². The van der Waals surface area contributed by atoms with Crippen LogP contribution in [0.15, 0.2) is 30.3 Å². The molecule has 0 aromatic heterocycles. The number of carbonyl (C=O) groups is 1. The van der Waals surface area contributed by atoms with Gasteiger partial charge < -0.3 is 4.18 Å². The zero-order chi connectivity index (χ0) is 8.97. The molecule has 0 radical (unpaired) electrons. The molecule has 0 aliphatic carbocycles. The Bertz CT molecular complexity index is 339. The second kappa shape index (κ2) is 6.15. The normalized spacial score (nSPS) is 9.00. The topological polar surface area (TPSA) is 60.4 Å². The Morgan fingerprint density at radius 3 is 2.15 bits per heavy atom. The average Bonchev–Trinajstić information content (AvgIpc) is 2.05. The minimum atomic E-state index is -3.11. The van der Waals surface area contributed by atoms with Crippen molar-refractivity contribution in [2.45, 2.75) is 0 Å². The summed E-state index contributed by atoms with van der Waals surface area (Å²) < 4.78 is 23.9. The molecule has 0 N–H and O–H groups in total. The summed E-state index contributed by atoms with van der Waals surface area (Å²) in [5.74, 6) is -0.855. The second-order valence-electron chi connectivity index (χ2n) is 1.97. The fourth-order valence-corrected chi connectivity index (χ4v) is 0.935. The van der Waals surface area contributed by atoms with Gasteiger partial charge in [0.25, 0.3) is 0 Å². The summed E-state index contributed by atoms with van der Waals surface area (Å²) in [6, 6.07) is 7.90. The van der Waals surface area contributed by atoms with Gasteiger partial charge in [0.15, 0.2) is 0 Å². The van der Waals surface area contributed by atoms with Crippen LogP contribution in [0.5, 0.6) is 0 Å². The van der Waals surface area contributed by atoms with Crippen molar-refractivity contribution in [3.63, 3.8) is 0 Å². The number of hydrogen-bond acceptors (Lipinski definition) is 4. The van der Waals surface area contributed by atoms with Gasteiger partial charge >= 0.3 is 46.5 Å². The van der Waals surface area contributed by atoms with Crippen LogP contribution < -0.4 is 0 Å². The second-order valence-corrected chi connectivity index (χ2v) is 2.60. The minimum absolute atomic E-state index is 0. The summed E-state index contributed by atoms with van der Waals surface area (Å²) in [7, 11) is -3.11. The van der Waals surface area contributed by atoms with Crippen LogP contribution in [0.3, 0.4) is 0 Å². The first-order valence-corrected chi connectivity index (χ1v) is 4.21. The molecule has 0 saturated carbocycles. The third-order valence-corrected chi connectivity index (χ3v) is 1.48. The Hall–Kier alpha value is -0.360. The molecule has 0 fully saturated rings. The maximum atomic E-state index is 10.8. The predicted octanol–water partition coefficient (Wildman–Crippen LogP) is -0.279. The van der Waals surface area contributed by atoms with E-state index < -0.39 is 17.0 Å². The number of hydrogen-bond donors (Lipinski definition) is 1. The summed E-state index contributed by atoms with van der Waals surface area (Å²) in [4.78, 5) is 10.8. The van der Waals surface area contributed by atoms with E-state index in [1.807, 2.05) is 0 Å². The van der Waals surface area contributed by atoms with E-state index in [1.165, 1.54) is 12.1 Å². The average molecular weight is 210 g/mol. The summed E-state index contributed by atoms with van der Waals surface area (Å²) in [6.07, 6.45) is 0. The quantitative estimate of drug-likeness (QED) is 0.538. The van der Waals surface area contributed by atoms with E-state index in [1.54, 1.807) is 18.2 Å². The van der Waals surface area contributed by atoms with Gasteiger partial charge in [-0.05, 0) is 12.1 Å². The van der Waals surface area contributed by atoms with Crippen LogP contribution in [0.25, 0.3) is 0 Å². The van der Waals surface area contributed by atoms with Gasteiger partial charge in [0.1, 0.15) is 0 Å². The zero-order valence-corrected chi connectivity index (χ0v) is 6.86. The Morgan fingerprint density at radius 2 is 1.69 bits per heavy atom. The zero-order valence-electron chi connectivity index (χ0n) is 5.97. The standard InChI is InChI=1S/C7H6O4S.Na.H/c8-7(11-12(9)10)6-4-2-1-3-5-6;;/h1-5,12H;;. The molecular formula is C7H7NaO4S. The number of thiol groups is 1. The molecule has 0 unspecified atom stereocenters. The van der Waals surface area contributed by atoms with Crippen LogP contribution in [-0.2, 0) is 15.2 Å². The molecule has 0 aliphatic rings. The number of benzene rings is 1. The van der Waals surface area contributed by atoms with Gasteiger partial charge in [-0.25, -0.2) is 4.79 Å².